The van der Waals surface area contributed by atoms with Gasteiger partial charge in [-0.1, -0.05) is 0 Å². The van der Waals surface area contributed by atoms with Crippen LogP contribution in [0, 0.1) is 0 Å². The van der Waals surface area contributed by atoms with Crippen LogP contribution in [0.15, 0.2) is 0 Å². The molecule has 1 heterocycles. The molecule has 0 radical (unpaired) electrons. The highest BCUT2D eigenvalue weighted by atomic mass is 16.5. The predicted octanol–water partition coefficient (Wildman–Crippen LogP) is 0.375. The summed E-state index contributed by atoms with van der Waals surface area (Å²) in [5.41, 5.74) is 0. The van der Waals surface area contributed by atoms with Crippen molar-refractivity contribution in [2.45, 2.75) is 32.4 Å². The number of rotatable bonds is 5. The Labute approximate surface area is 94.7 Å². The van der Waals surface area contributed by atoms with E-state index in [-0.39, 0.29) is 31.2 Å². The third kappa shape index (κ3) is 4.97. The number of carbonyl (C=O) groups excluding carboxylic acids is 2. The second-order valence-electron chi connectivity index (χ2n) is 3.46. The maximum atomic E-state index is 11.3. The summed E-state index contributed by atoms with van der Waals surface area (Å²) in [6.45, 7) is 3.07. The third-order valence-electron chi connectivity index (χ3n) is 2.14. The topological polar surface area (TPSA) is 76.7 Å². The Kier molecular flexibility index (Phi) is 5.63. The van der Waals surface area contributed by atoms with Gasteiger partial charge in [-0.2, -0.15) is 0 Å². The van der Waals surface area contributed by atoms with Crippen LogP contribution in [0.3, 0.4) is 0 Å². The van der Waals surface area contributed by atoms with E-state index in [1.54, 1.807) is 6.92 Å². The van der Waals surface area contributed by atoms with E-state index < -0.39 is 0 Å². The number of hydrogen-bond donors (Lipinski definition) is 2. The molecule has 6 heteroatoms. The quantitative estimate of drug-likeness (QED) is 0.669. The van der Waals surface area contributed by atoms with Crippen molar-refractivity contribution in [1.82, 2.24) is 10.6 Å². The molecule has 2 amide bonds. The van der Waals surface area contributed by atoms with E-state index in [4.69, 9.17) is 9.47 Å². The number of esters is 1. The van der Waals surface area contributed by atoms with E-state index >= 15 is 0 Å². The van der Waals surface area contributed by atoms with Crippen molar-refractivity contribution in [3.63, 3.8) is 0 Å². The molecule has 0 bridgehead atoms. The zero-order valence-electron chi connectivity index (χ0n) is 9.45. The molecule has 0 spiro atoms. The maximum absolute atomic E-state index is 11.3. The second-order valence-corrected chi connectivity index (χ2v) is 3.46. The average molecular weight is 230 g/mol. The van der Waals surface area contributed by atoms with Gasteiger partial charge in [0, 0.05) is 13.2 Å². The van der Waals surface area contributed by atoms with E-state index in [0.717, 1.165) is 12.8 Å². The predicted molar refractivity (Wildman–Crippen MR) is 56.8 cm³/mol. The van der Waals surface area contributed by atoms with Crippen molar-refractivity contribution < 1.29 is 19.1 Å². The molecule has 1 rings (SSSR count). The summed E-state index contributed by atoms with van der Waals surface area (Å²) in [4.78, 5) is 22.2. The molecule has 0 aromatic heterocycles. The minimum Gasteiger partial charge on any atom is -0.466 e. The molecule has 0 aromatic rings. The van der Waals surface area contributed by atoms with Crippen LogP contribution in [0.4, 0.5) is 4.79 Å². The summed E-state index contributed by atoms with van der Waals surface area (Å²) in [5, 5.41) is 5.23. The summed E-state index contributed by atoms with van der Waals surface area (Å²) in [7, 11) is 0. The van der Waals surface area contributed by atoms with E-state index in [1.807, 2.05) is 0 Å². The van der Waals surface area contributed by atoms with Gasteiger partial charge in [0.05, 0.1) is 13.0 Å². The summed E-state index contributed by atoms with van der Waals surface area (Å²) in [5.74, 6) is -0.306. The molecular formula is C10H18N2O4. The van der Waals surface area contributed by atoms with E-state index in [2.05, 4.69) is 10.6 Å². The zero-order chi connectivity index (χ0) is 11.8. The van der Waals surface area contributed by atoms with Gasteiger partial charge < -0.3 is 20.1 Å². The van der Waals surface area contributed by atoms with Crippen LogP contribution in [0.5, 0.6) is 0 Å². The molecule has 0 aliphatic carbocycles. The van der Waals surface area contributed by atoms with Crippen molar-refractivity contribution in [2.75, 3.05) is 19.8 Å². The average Bonchev–Trinajstić information content (AvgIpc) is 2.70. The summed E-state index contributed by atoms with van der Waals surface area (Å²) in [6, 6.07) is -0.309. The molecule has 1 fully saturated rings. The van der Waals surface area contributed by atoms with Gasteiger partial charge >= 0.3 is 12.0 Å². The van der Waals surface area contributed by atoms with Gasteiger partial charge in [-0.05, 0) is 19.8 Å². The van der Waals surface area contributed by atoms with E-state index in [9.17, 15) is 9.59 Å². The highest BCUT2D eigenvalue weighted by Gasteiger charge is 2.17. The Morgan fingerprint density at radius 1 is 1.50 bits per heavy atom. The Bertz CT molecular complexity index is 239. The number of carbonyl (C=O) groups is 2. The second kappa shape index (κ2) is 7.05. The zero-order valence-corrected chi connectivity index (χ0v) is 9.45. The largest absolute Gasteiger partial charge is 0.466 e. The lowest BCUT2D eigenvalue weighted by atomic mass is 10.3. The molecule has 1 aliphatic heterocycles. The van der Waals surface area contributed by atoms with Crippen molar-refractivity contribution in [2.24, 2.45) is 0 Å². The number of amides is 2. The minimum absolute atomic E-state index is 0.187. The number of urea groups is 1. The Morgan fingerprint density at radius 2 is 2.31 bits per heavy atom. The minimum atomic E-state index is -0.309. The smallest absolute Gasteiger partial charge is 0.316 e. The molecule has 6 nitrogen and oxygen atoms in total. The fraction of sp³-hybridized carbons (Fsp3) is 0.800. The van der Waals surface area contributed by atoms with Gasteiger partial charge in [-0.25, -0.2) is 4.79 Å². The molecular weight excluding hydrogens is 212 g/mol. The van der Waals surface area contributed by atoms with Crippen LogP contribution in [-0.4, -0.2) is 38.0 Å². The summed E-state index contributed by atoms with van der Waals surface area (Å²) >= 11 is 0. The van der Waals surface area contributed by atoms with Crippen LogP contribution >= 0.6 is 0 Å². The fourth-order valence-electron chi connectivity index (χ4n) is 1.40. The van der Waals surface area contributed by atoms with Crippen LogP contribution in [0.1, 0.15) is 26.2 Å². The van der Waals surface area contributed by atoms with E-state index in [0.29, 0.717) is 13.2 Å². The third-order valence-corrected chi connectivity index (χ3v) is 2.14. The summed E-state index contributed by atoms with van der Waals surface area (Å²) < 4.78 is 9.95. The standard InChI is InChI=1S/C10H18N2O4/c1-2-15-9(13)5-6-11-10(14)12-8-4-3-7-16-8/h8H,2-7H2,1H3,(H2,11,12,14). The van der Waals surface area contributed by atoms with Crippen LogP contribution in [-0.2, 0) is 14.3 Å². The van der Waals surface area contributed by atoms with Crippen LogP contribution < -0.4 is 10.6 Å². The molecule has 2 N–H and O–H groups in total. The number of nitrogens with one attached hydrogen (secondary N) is 2. The first-order chi connectivity index (χ1) is 7.72. The van der Waals surface area contributed by atoms with Gasteiger partial charge in [0.15, 0.2) is 0 Å². The first-order valence-electron chi connectivity index (χ1n) is 5.54. The lowest BCUT2D eigenvalue weighted by molar-refractivity contribution is -0.142. The van der Waals surface area contributed by atoms with Crippen molar-refractivity contribution >= 4 is 12.0 Å². The van der Waals surface area contributed by atoms with Crippen LogP contribution in [0.25, 0.3) is 0 Å². The van der Waals surface area contributed by atoms with Gasteiger partial charge in [0.2, 0.25) is 0 Å². The summed E-state index contributed by atoms with van der Waals surface area (Å²) in [6.07, 6.45) is 1.80. The first kappa shape index (κ1) is 12.8. The molecule has 92 valence electrons. The van der Waals surface area contributed by atoms with Gasteiger partial charge in [0.1, 0.15) is 6.23 Å². The van der Waals surface area contributed by atoms with Crippen molar-refractivity contribution in [3.8, 4) is 0 Å². The molecule has 0 aromatic carbocycles. The highest BCUT2D eigenvalue weighted by Crippen LogP contribution is 2.08. The highest BCUT2D eigenvalue weighted by molar-refractivity contribution is 5.75. The van der Waals surface area contributed by atoms with Crippen molar-refractivity contribution in [1.29, 1.82) is 0 Å². The van der Waals surface area contributed by atoms with Gasteiger partial charge in [-0.15, -0.1) is 0 Å². The van der Waals surface area contributed by atoms with E-state index in [1.165, 1.54) is 0 Å². The fourth-order valence-corrected chi connectivity index (χ4v) is 1.40. The van der Waals surface area contributed by atoms with Crippen LogP contribution in [0.2, 0.25) is 0 Å². The Balaban J connectivity index is 2.03. The Hall–Kier alpha value is -1.30. The maximum Gasteiger partial charge on any atom is 0.316 e. The molecule has 1 unspecified atom stereocenters. The number of hydrogen-bond acceptors (Lipinski definition) is 4. The monoisotopic (exact) mass is 230 g/mol. The first-order valence-corrected chi connectivity index (χ1v) is 5.54. The van der Waals surface area contributed by atoms with Gasteiger partial charge in [0.25, 0.3) is 0 Å². The van der Waals surface area contributed by atoms with Gasteiger partial charge in [-0.3, -0.25) is 4.79 Å². The molecule has 1 saturated heterocycles. The number of ether oxygens (including phenoxy) is 2. The normalized spacial score (nSPS) is 19.2. The Morgan fingerprint density at radius 3 is 2.94 bits per heavy atom. The SMILES string of the molecule is CCOC(=O)CCNC(=O)NC1CCCO1. The lowest BCUT2D eigenvalue weighted by Crippen LogP contribution is -2.42. The lowest BCUT2D eigenvalue weighted by Gasteiger charge is -2.12. The molecule has 0 saturated carbocycles. The molecule has 1 atom stereocenters. The van der Waals surface area contributed by atoms with Crippen molar-refractivity contribution in [3.05, 3.63) is 0 Å². The molecule has 16 heavy (non-hydrogen) atoms. The molecule has 1 aliphatic rings.